The fourth-order valence-corrected chi connectivity index (χ4v) is 12.1. The van der Waals surface area contributed by atoms with E-state index in [0.717, 1.165) is 0 Å². The molecule has 2 heteroatoms. The van der Waals surface area contributed by atoms with Gasteiger partial charge in [-0.1, -0.05) is 171 Å². The van der Waals surface area contributed by atoms with Crippen molar-refractivity contribution in [2.45, 2.75) is 31.1 Å². The smallest absolute Gasteiger partial charge is 0.0541 e. The molecule has 2 heterocycles. The fraction of sp³-hybridized carbons (Fsp3) is 0.0769. The first-order valence-corrected chi connectivity index (χ1v) is 23.9. The van der Waals surface area contributed by atoms with Crippen LogP contribution in [0.5, 0.6) is 0 Å². The van der Waals surface area contributed by atoms with Crippen LogP contribution in [0.25, 0.3) is 111 Å². The molecule has 1 fully saturated rings. The van der Waals surface area contributed by atoms with Crippen LogP contribution in [0, 0.1) is 0 Å². The Hall–Kier alpha value is -8.20. The van der Waals surface area contributed by atoms with Crippen LogP contribution < -0.4 is 0 Å². The first-order valence-electron chi connectivity index (χ1n) is 23.9. The van der Waals surface area contributed by atoms with Gasteiger partial charge >= 0.3 is 0 Å². The number of nitrogens with zero attached hydrogens (tertiary/aromatic N) is 2. The molecule has 1 saturated carbocycles. The Morgan fingerprint density at radius 3 is 1.01 bits per heavy atom. The van der Waals surface area contributed by atoms with E-state index in [1.54, 1.807) is 0 Å². The third kappa shape index (κ3) is 5.89. The predicted octanol–water partition coefficient (Wildman–Crippen LogP) is 17.4. The van der Waals surface area contributed by atoms with Gasteiger partial charge in [0, 0.05) is 38.3 Å². The first-order chi connectivity index (χ1) is 33.2. The summed E-state index contributed by atoms with van der Waals surface area (Å²) < 4.78 is 4.77. The molecule has 0 bridgehead atoms. The highest BCUT2D eigenvalue weighted by atomic mass is 15.0. The molecule has 12 aromatic rings. The second-order valence-electron chi connectivity index (χ2n) is 18.8. The summed E-state index contributed by atoms with van der Waals surface area (Å²) in [6, 6.07) is 85.9. The SMILES string of the molecule is c1ccc(-n2c3ccccc3c3cc(-c4ccc(-c5ccc6c(c5)C5(CCCC5)c5cc(-c7ccc(-c8ccc9c(c8)c8ccccc8n9-c8ccccc8)cc7)ccc5-6)cc4)ccc32)cc1. The lowest BCUT2D eigenvalue weighted by Crippen LogP contribution is -2.20. The van der Waals surface area contributed by atoms with Gasteiger partial charge in [-0.2, -0.15) is 0 Å². The second kappa shape index (κ2) is 14.9. The van der Waals surface area contributed by atoms with Crippen molar-refractivity contribution in [3.05, 3.63) is 242 Å². The lowest BCUT2D eigenvalue weighted by molar-refractivity contribution is 0.550. The van der Waals surface area contributed by atoms with Crippen LogP contribution in [0.4, 0.5) is 0 Å². The maximum Gasteiger partial charge on any atom is 0.0541 e. The van der Waals surface area contributed by atoms with Crippen LogP contribution in [-0.4, -0.2) is 9.13 Å². The molecule has 0 amide bonds. The molecule has 0 unspecified atom stereocenters. The van der Waals surface area contributed by atoms with Gasteiger partial charge < -0.3 is 9.13 Å². The molecule has 0 aliphatic heterocycles. The molecule has 2 aliphatic rings. The Balaban J connectivity index is 0.765. The minimum absolute atomic E-state index is 0.0548. The van der Waals surface area contributed by atoms with Crippen molar-refractivity contribution in [1.29, 1.82) is 0 Å². The molecule has 14 rings (SSSR count). The Bertz CT molecular complexity index is 3630. The van der Waals surface area contributed by atoms with E-state index in [4.69, 9.17) is 0 Å². The summed E-state index contributed by atoms with van der Waals surface area (Å²) in [6.07, 6.45) is 4.92. The van der Waals surface area contributed by atoms with Crippen LogP contribution >= 0.6 is 0 Å². The average Bonchev–Trinajstić information content (AvgIpc) is 4.17. The van der Waals surface area contributed by atoms with Gasteiger partial charge in [0.2, 0.25) is 0 Å². The molecular weight excluding hydrogens is 809 g/mol. The highest BCUT2D eigenvalue weighted by Crippen LogP contribution is 2.58. The van der Waals surface area contributed by atoms with Gasteiger partial charge in [-0.05, 0) is 152 Å². The topological polar surface area (TPSA) is 9.86 Å². The minimum atomic E-state index is 0.0548. The Labute approximate surface area is 390 Å². The molecule has 0 atom stereocenters. The maximum absolute atomic E-state index is 2.53. The highest BCUT2D eigenvalue weighted by molar-refractivity contribution is 6.11. The Kier molecular flexibility index (Phi) is 8.48. The van der Waals surface area contributed by atoms with E-state index in [-0.39, 0.29) is 5.41 Å². The van der Waals surface area contributed by atoms with Crippen LogP contribution in [0.2, 0.25) is 0 Å². The van der Waals surface area contributed by atoms with E-state index >= 15 is 0 Å². The normalized spacial score (nSPS) is 13.9. The summed E-state index contributed by atoms with van der Waals surface area (Å²) in [4.78, 5) is 0. The second-order valence-corrected chi connectivity index (χ2v) is 18.8. The van der Waals surface area contributed by atoms with Crippen LogP contribution in [0.3, 0.4) is 0 Å². The van der Waals surface area contributed by atoms with Gasteiger partial charge in [-0.3, -0.25) is 0 Å². The van der Waals surface area contributed by atoms with E-state index in [9.17, 15) is 0 Å². The minimum Gasteiger partial charge on any atom is -0.309 e. The zero-order chi connectivity index (χ0) is 44.1. The van der Waals surface area contributed by atoms with E-state index in [2.05, 4.69) is 240 Å². The first kappa shape index (κ1) is 38.1. The fourth-order valence-electron chi connectivity index (χ4n) is 12.1. The number of benzene rings is 10. The Morgan fingerprint density at radius 1 is 0.269 bits per heavy atom. The Morgan fingerprint density at radius 2 is 0.597 bits per heavy atom. The molecule has 2 nitrogen and oxygen atoms in total. The van der Waals surface area contributed by atoms with Crippen LogP contribution in [0.1, 0.15) is 36.8 Å². The number of rotatable bonds is 6. The molecule has 67 heavy (non-hydrogen) atoms. The van der Waals surface area contributed by atoms with Crippen molar-refractivity contribution in [3.8, 4) is 67.0 Å². The highest BCUT2D eigenvalue weighted by Gasteiger charge is 2.45. The largest absolute Gasteiger partial charge is 0.309 e. The average molecular weight is 855 g/mol. The van der Waals surface area contributed by atoms with Gasteiger partial charge in [-0.25, -0.2) is 0 Å². The van der Waals surface area contributed by atoms with Crippen LogP contribution in [-0.2, 0) is 5.41 Å². The van der Waals surface area contributed by atoms with E-state index in [1.165, 1.54) is 147 Å². The summed E-state index contributed by atoms with van der Waals surface area (Å²) >= 11 is 0. The van der Waals surface area contributed by atoms with Crippen molar-refractivity contribution in [3.63, 3.8) is 0 Å². The van der Waals surface area contributed by atoms with Crippen molar-refractivity contribution in [2.75, 3.05) is 0 Å². The molecule has 0 N–H and O–H groups in total. The van der Waals surface area contributed by atoms with Gasteiger partial charge in [-0.15, -0.1) is 0 Å². The summed E-state index contributed by atoms with van der Waals surface area (Å²) in [5, 5.41) is 5.11. The zero-order valence-electron chi connectivity index (χ0n) is 37.2. The number of hydrogen-bond donors (Lipinski definition) is 0. The van der Waals surface area contributed by atoms with E-state index in [0.29, 0.717) is 0 Å². The van der Waals surface area contributed by atoms with Gasteiger partial charge in [0.15, 0.2) is 0 Å². The van der Waals surface area contributed by atoms with Crippen molar-refractivity contribution in [1.82, 2.24) is 9.13 Å². The van der Waals surface area contributed by atoms with Crippen molar-refractivity contribution < 1.29 is 0 Å². The standard InChI is InChI=1S/C65H46N2/c1-3-13-51(14-4-1)66-61-19-9-7-17-55(61)57-39-47(31-35-63(57)66)43-21-25-45(26-22-43)49-29-33-53-54-34-30-50(42-60(54)65(59(53)41-49)37-11-12-38-65)46-27-23-44(24-28-46)48-32-36-64-58(40-48)56-18-8-10-20-62(56)67(64)52-15-5-2-6-16-52/h1-10,13-36,39-42H,11-12,37-38H2. The molecular formula is C65H46N2. The third-order valence-electron chi connectivity index (χ3n) is 15.3. The number of hydrogen-bond acceptors (Lipinski definition) is 0. The summed E-state index contributed by atoms with van der Waals surface area (Å²) in [5.74, 6) is 0. The molecule has 2 aliphatic carbocycles. The van der Waals surface area contributed by atoms with E-state index < -0.39 is 0 Å². The molecule has 316 valence electrons. The quantitative estimate of drug-likeness (QED) is 0.158. The third-order valence-corrected chi connectivity index (χ3v) is 15.3. The van der Waals surface area contributed by atoms with Gasteiger partial charge in [0.1, 0.15) is 0 Å². The van der Waals surface area contributed by atoms with Gasteiger partial charge in [0.05, 0.1) is 22.1 Å². The molecule has 0 radical (unpaired) electrons. The predicted molar refractivity (Wildman–Crippen MR) is 282 cm³/mol. The maximum atomic E-state index is 2.53. The number of fused-ring (bicyclic) bond motifs is 11. The lowest BCUT2D eigenvalue weighted by Gasteiger charge is -2.27. The summed E-state index contributed by atoms with van der Waals surface area (Å²) in [7, 11) is 0. The molecule has 10 aromatic carbocycles. The molecule has 2 aromatic heterocycles. The lowest BCUT2D eigenvalue weighted by atomic mass is 9.75. The molecule has 1 spiro atoms. The summed E-state index contributed by atoms with van der Waals surface area (Å²) in [6.45, 7) is 0. The van der Waals surface area contributed by atoms with Gasteiger partial charge in [0.25, 0.3) is 0 Å². The molecule has 0 saturated heterocycles. The number of para-hydroxylation sites is 4. The van der Waals surface area contributed by atoms with E-state index in [1.807, 2.05) is 0 Å². The monoisotopic (exact) mass is 854 g/mol. The summed E-state index contributed by atoms with van der Waals surface area (Å²) in [5.41, 5.74) is 23.2. The van der Waals surface area contributed by atoms with Crippen molar-refractivity contribution in [2.24, 2.45) is 0 Å². The zero-order valence-corrected chi connectivity index (χ0v) is 37.2. The van der Waals surface area contributed by atoms with Crippen molar-refractivity contribution >= 4 is 43.6 Å². The number of aromatic nitrogens is 2. The van der Waals surface area contributed by atoms with Crippen LogP contribution in [0.15, 0.2) is 231 Å².